The van der Waals surface area contributed by atoms with Crippen molar-refractivity contribution in [1.82, 2.24) is 4.90 Å². The molecule has 1 aliphatic heterocycles. The first-order valence-electron chi connectivity index (χ1n) is 4.19. The van der Waals surface area contributed by atoms with Gasteiger partial charge in [0.2, 0.25) is 0 Å². The average molecular weight is 187 g/mol. The number of hydrogen-bond acceptors (Lipinski definition) is 3. The van der Waals surface area contributed by atoms with Crippen molar-refractivity contribution in [2.24, 2.45) is 5.92 Å². The molecule has 5 heteroatoms. The van der Waals surface area contributed by atoms with Crippen LogP contribution in [0.1, 0.15) is 13.3 Å². The Balaban J connectivity index is 2.48. The molecule has 1 aliphatic rings. The molecule has 1 heterocycles. The fourth-order valence-electron chi connectivity index (χ4n) is 1.54. The van der Waals surface area contributed by atoms with E-state index in [1.807, 2.05) is 6.92 Å². The van der Waals surface area contributed by atoms with Crippen LogP contribution in [0.25, 0.3) is 0 Å². The number of nitrogens with zero attached hydrogens (tertiary/aromatic N) is 1. The quantitative estimate of drug-likeness (QED) is 0.640. The summed E-state index contributed by atoms with van der Waals surface area (Å²) in [7, 11) is 0. The average Bonchev–Trinajstić information content (AvgIpc) is 1.94. The Bertz CT molecular complexity index is 222. The minimum absolute atomic E-state index is 0.317. The Hall–Kier alpha value is -1.10. The SMILES string of the molecule is CC1CN(C(CC(=O)O)C(=O)O)C1. The summed E-state index contributed by atoms with van der Waals surface area (Å²) in [4.78, 5) is 22.7. The van der Waals surface area contributed by atoms with Crippen molar-refractivity contribution in [3.63, 3.8) is 0 Å². The molecule has 1 unspecified atom stereocenters. The maximum absolute atomic E-state index is 10.7. The first-order valence-corrected chi connectivity index (χ1v) is 4.19. The van der Waals surface area contributed by atoms with E-state index in [-0.39, 0.29) is 6.42 Å². The summed E-state index contributed by atoms with van der Waals surface area (Å²) in [6.07, 6.45) is -0.317. The number of hydrogen-bond donors (Lipinski definition) is 2. The monoisotopic (exact) mass is 187 g/mol. The van der Waals surface area contributed by atoms with Crippen LogP contribution >= 0.6 is 0 Å². The van der Waals surface area contributed by atoms with E-state index in [1.165, 1.54) is 0 Å². The molecule has 0 bridgehead atoms. The van der Waals surface area contributed by atoms with Gasteiger partial charge >= 0.3 is 11.9 Å². The van der Waals surface area contributed by atoms with Crippen LogP contribution in [0.2, 0.25) is 0 Å². The largest absolute Gasteiger partial charge is 0.481 e. The van der Waals surface area contributed by atoms with Gasteiger partial charge in [0.1, 0.15) is 6.04 Å². The van der Waals surface area contributed by atoms with Crippen LogP contribution in [0, 0.1) is 5.92 Å². The molecule has 0 amide bonds. The molecule has 1 atom stereocenters. The Morgan fingerprint density at radius 1 is 1.46 bits per heavy atom. The summed E-state index contributed by atoms with van der Waals surface area (Å²) < 4.78 is 0. The molecule has 2 N–H and O–H groups in total. The number of carboxylic acids is 2. The Morgan fingerprint density at radius 2 is 2.00 bits per heavy atom. The van der Waals surface area contributed by atoms with Crippen molar-refractivity contribution in [3.8, 4) is 0 Å². The first kappa shape index (κ1) is 9.98. The van der Waals surface area contributed by atoms with E-state index in [0.29, 0.717) is 19.0 Å². The molecule has 0 saturated carbocycles. The fraction of sp³-hybridized carbons (Fsp3) is 0.750. The van der Waals surface area contributed by atoms with Gasteiger partial charge < -0.3 is 10.2 Å². The molecule has 74 valence electrons. The van der Waals surface area contributed by atoms with E-state index in [2.05, 4.69) is 0 Å². The maximum atomic E-state index is 10.7. The number of aliphatic carboxylic acids is 2. The molecule has 13 heavy (non-hydrogen) atoms. The minimum Gasteiger partial charge on any atom is -0.481 e. The van der Waals surface area contributed by atoms with Crippen molar-refractivity contribution in [2.75, 3.05) is 13.1 Å². The van der Waals surface area contributed by atoms with Crippen molar-refractivity contribution in [2.45, 2.75) is 19.4 Å². The van der Waals surface area contributed by atoms with Gasteiger partial charge in [-0.1, -0.05) is 6.92 Å². The second-order valence-electron chi connectivity index (χ2n) is 3.51. The number of rotatable bonds is 4. The van der Waals surface area contributed by atoms with E-state index in [9.17, 15) is 9.59 Å². The van der Waals surface area contributed by atoms with Crippen molar-refractivity contribution in [3.05, 3.63) is 0 Å². The summed E-state index contributed by atoms with van der Waals surface area (Å²) in [6.45, 7) is 3.38. The number of carboxylic acid groups (broad SMARTS) is 2. The Kier molecular flexibility index (Phi) is 2.87. The van der Waals surface area contributed by atoms with E-state index in [0.717, 1.165) is 0 Å². The van der Waals surface area contributed by atoms with E-state index in [4.69, 9.17) is 10.2 Å². The minimum atomic E-state index is -1.06. The fourth-order valence-corrected chi connectivity index (χ4v) is 1.54. The third-order valence-corrected chi connectivity index (χ3v) is 2.19. The van der Waals surface area contributed by atoms with E-state index < -0.39 is 18.0 Å². The molecule has 0 radical (unpaired) electrons. The van der Waals surface area contributed by atoms with Crippen molar-refractivity contribution in [1.29, 1.82) is 0 Å². The van der Waals surface area contributed by atoms with Gasteiger partial charge in [-0.15, -0.1) is 0 Å². The smallest absolute Gasteiger partial charge is 0.321 e. The molecule has 0 aromatic rings. The summed E-state index contributed by atoms with van der Waals surface area (Å²) >= 11 is 0. The van der Waals surface area contributed by atoms with Crippen molar-refractivity contribution < 1.29 is 19.8 Å². The lowest BCUT2D eigenvalue weighted by Crippen LogP contribution is -2.54. The highest BCUT2D eigenvalue weighted by atomic mass is 16.4. The van der Waals surface area contributed by atoms with Gasteiger partial charge in [0.25, 0.3) is 0 Å². The topological polar surface area (TPSA) is 77.8 Å². The van der Waals surface area contributed by atoms with Crippen LogP contribution in [-0.4, -0.2) is 46.2 Å². The van der Waals surface area contributed by atoms with E-state index in [1.54, 1.807) is 4.90 Å². The molecule has 1 rings (SSSR count). The lowest BCUT2D eigenvalue weighted by Gasteiger charge is -2.40. The number of carbonyl (C=O) groups is 2. The number of likely N-dealkylation sites (tertiary alicyclic amines) is 1. The molecule has 0 spiro atoms. The lowest BCUT2D eigenvalue weighted by molar-refractivity contribution is -0.152. The van der Waals surface area contributed by atoms with Crippen molar-refractivity contribution >= 4 is 11.9 Å². The summed E-state index contributed by atoms with van der Waals surface area (Å²) in [5, 5.41) is 17.2. The van der Waals surface area contributed by atoms with Gasteiger partial charge in [0.05, 0.1) is 6.42 Å². The Morgan fingerprint density at radius 3 is 2.31 bits per heavy atom. The zero-order valence-electron chi connectivity index (χ0n) is 7.43. The second-order valence-corrected chi connectivity index (χ2v) is 3.51. The zero-order valence-corrected chi connectivity index (χ0v) is 7.43. The normalized spacial score (nSPS) is 20.7. The summed E-state index contributed by atoms with van der Waals surface area (Å²) in [6, 6.07) is -0.853. The third kappa shape index (κ3) is 2.42. The van der Waals surface area contributed by atoms with Crippen LogP contribution in [0.5, 0.6) is 0 Å². The molecule has 0 aromatic carbocycles. The van der Waals surface area contributed by atoms with Gasteiger partial charge in [0.15, 0.2) is 0 Å². The predicted molar refractivity (Wildman–Crippen MR) is 44.4 cm³/mol. The van der Waals surface area contributed by atoms with Crippen LogP contribution in [0.3, 0.4) is 0 Å². The van der Waals surface area contributed by atoms with Crippen LogP contribution in [0.4, 0.5) is 0 Å². The highest BCUT2D eigenvalue weighted by Gasteiger charge is 2.35. The molecule has 0 aliphatic carbocycles. The molecule has 0 aromatic heterocycles. The Labute approximate surface area is 76.0 Å². The van der Waals surface area contributed by atoms with Gasteiger partial charge in [-0.3, -0.25) is 14.5 Å². The second kappa shape index (κ2) is 3.74. The lowest BCUT2D eigenvalue weighted by atomic mass is 9.98. The molecule has 1 fully saturated rings. The summed E-state index contributed by atoms with van der Waals surface area (Å²) in [5.74, 6) is -1.63. The van der Waals surface area contributed by atoms with Crippen LogP contribution < -0.4 is 0 Å². The van der Waals surface area contributed by atoms with Gasteiger partial charge in [0, 0.05) is 13.1 Å². The molecular formula is C8H13NO4. The van der Waals surface area contributed by atoms with Crippen LogP contribution in [0.15, 0.2) is 0 Å². The maximum Gasteiger partial charge on any atom is 0.321 e. The molecular weight excluding hydrogens is 174 g/mol. The van der Waals surface area contributed by atoms with Crippen LogP contribution in [-0.2, 0) is 9.59 Å². The predicted octanol–water partition coefficient (Wildman–Crippen LogP) is -0.134. The van der Waals surface area contributed by atoms with Gasteiger partial charge in [-0.25, -0.2) is 0 Å². The third-order valence-electron chi connectivity index (χ3n) is 2.19. The van der Waals surface area contributed by atoms with Gasteiger partial charge in [-0.05, 0) is 5.92 Å². The summed E-state index contributed by atoms with van der Waals surface area (Å²) in [5.41, 5.74) is 0. The standard InChI is InChI=1S/C8H13NO4/c1-5-3-9(4-5)6(8(12)13)2-7(10)11/h5-6H,2-4H2,1H3,(H,10,11)(H,12,13). The highest BCUT2D eigenvalue weighted by Crippen LogP contribution is 2.19. The molecule has 1 saturated heterocycles. The first-order chi connectivity index (χ1) is 6.00. The van der Waals surface area contributed by atoms with Gasteiger partial charge in [-0.2, -0.15) is 0 Å². The zero-order chi connectivity index (χ0) is 10.0. The van der Waals surface area contributed by atoms with E-state index >= 15 is 0 Å². The highest BCUT2D eigenvalue weighted by molar-refractivity contribution is 5.80. The molecule has 5 nitrogen and oxygen atoms in total.